The summed E-state index contributed by atoms with van der Waals surface area (Å²) in [6, 6.07) is 6.47. The van der Waals surface area contributed by atoms with Crippen LogP contribution in [0.15, 0.2) is 18.2 Å². The summed E-state index contributed by atoms with van der Waals surface area (Å²) in [6.45, 7) is 3.59. The van der Waals surface area contributed by atoms with Gasteiger partial charge in [-0.1, -0.05) is 0 Å². The lowest BCUT2D eigenvalue weighted by atomic mass is 10.2. The van der Waals surface area contributed by atoms with E-state index in [2.05, 4.69) is 62.3 Å². The topological polar surface area (TPSA) is 30.3 Å². The first-order chi connectivity index (χ1) is 8.25. The van der Waals surface area contributed by atoms with Crippen molar-refractivity contribution in [2.24, 2.45) is 7.05 Å². The van der Waals surface area contributed by atoms with Crippen molar-refractivity contribution in [1.82, 2.24) is 9.55 Å². The van der Waals surface area contributed by atoms with Gasteiger partial charge in [0.15, 0.2) is 3.83 Å². The molecule has 90 valence electrons. The first-order valence-electron chi connectivity index (χ1n) is 5.70. The molecule has 1 saturated heterocycles. The normalized spacial score (nSPS) is 16.7. The van der Waals surface area contributed by atoms with E-state index in [9.17, 15) is 0 Å². The molecule has 0 unspecified atom stereocenters. The zero-order valence-electron chi connectivity index (χ0n) is 9.69. The minimum Gasteiger partial charge on any atom is -0.378 e. The summed E-state index contributed by atoms with van der Waals surface area (Å²) in [4.78, 5) is 6.87. The van der Waals surface area contributed by atoms with E-state index in [-0.39, 0.29) is 0 Å². The van der Waals surface area contributed by atoms with Crippen LogP contribution in [0, 0.1) is 3.83 Å². The Bertz CT molecular complexity index is 546. The lowest BCUT2D eigenvalue weighted by molar-refractivity contribution is 0.122. The summed E-state index contributed by atoms with van der Waals surface area (Å²) in [7, 11) is 2.06. The highest BCUT2D eigenvalue weighted by Crippen LogP contribution is 2.23. The van der Waals surface area contributed by atoms with E-state index in [1.165, 1.54) is 11.2 Å². The van der Waals surface area contributed by atoms with Crippen LogP contribution in [0.25, 0.3) is 11.0 Å². The quantitative estimate of drug-likeness (QED) is 0.743. The second-order valence-electron chi connectivity index (χ2n) is 4.21. The molecule has 0 spiro atoms. The van der Waals surface area contributed by atoms with E-state index in [1.807, 2.05) is 0 Å². The van der Waals surface area contributed by atoms with Gasteiger partial charge in [0, 0.05) is 25.8 Å². The largest absolute Gasteiger partial charge is 0.378 e. The number of aromatic nitrogens is 2. The lowest BCUT2D eigenvalue weighted by Crippen LogP contribution is -2.36. The highest BCUT2D eigenvalue weighted by Gasteiger charge is 2.13. The molecule has 0 bridgehead atoms. The van der Waals surface area contributed by atoms with Crippen LogP contribution in [0.1, 0.15) is 0 Å². The van der Waals surface area contributed by atoms with Crippen LogP contribution in [-0.4, -0.2) is 35.9 Å². The molecule has 0 atom stereocenters. The van der Waals surface area contributed by atoms with Gasteiger partial charge in [0.1, 0.15) is 0 Å². The fraction of sp³-hybridized carbons (Fsp3) is 0.417. The molecule has 0 amide bonds. The number of rotatable bonds is 1. The molecule has 1 aliphatic rings. The van der Waals surface area contributed by atoms with Crippen molar-refractivity contribution in [2.75, 3.05) is 31.2 Å². The van der Waals surface area contributed by atoms with Crippen LogP contribution in [-0.2, 0) is 11.8 Å². The zero-order chi connectivity index (χ0) is 11.8. The highest BCUT2D eigenvalue weighted by molar-refractivity contribution is 14.1. The summed E-state index contributed by atoms with van der Waals surface area (Å²) in [5.74, 6) is 0. The molecule has 1 aromatic carbocycles. The standard InChI is InChI=1S/C12H14IN3O/c1-15-11-8-9(16-4-6-17-7-5-16)2-3-10(11)14-12(15)13/h2-3,8H,4-7H2,1H3. The van der Waals surface area contributed by atoms with E-state index in [0.29, 0.717) is 0 Å². The average Bonchev–Trinajstić information content (AvgIpc) is 2.66. The Labute approximate surface area is 114 Å². The van der Waals surface area contributed by atoms with Gasteiger partial charge in [-0.15, -0.1) is 0 Å². The third-order valence-corrected chi connectivity index (χ3v) is 4.15. The predicted molar refractivity (Wildman–Crippen MR) is 76.5 cm³/mol. The number of fused-ring (bicyclic) bond motifs is 1. The van der Waals surface area contributed by atoms with Gasteiger partial charge in [-0.3, -0.25) is 0 Å². The second kappa shape index (κ2) is 4.45. The number of ether oxygens (including phenoxy) is 1. The third-order valence-electron chi connectivity index (χ3n) is 3.19. The van der Waals surface area contributed by atoms with Crippen molar-refractivity contribution in [1.29, 1.82) is 0 Å². The molecule has 3 rings (SSSR count). The van der Waals surface area contributed by atoms with Gasteiger partial charge in [0.2, 0.25) is 0 Å². The lowest BCUT2D eigenvalue weighted by Gasteiger charge is -2.28. The maximum atomic E-state index is 5.38. The van der Waals surface area contributed by atoms with Crippen molar-refractivity contribution in [3.05, 3.63) is 22.0 Å². The van der Waals surface area contributed by atoms with E-state index in [0.717, 1.165) is 35.7 Å². The van der Waals surface area contributed by atoms with Gasteiger partial charge < -0.3 is 14.2 Å². The highest BCUT2D eigenvalue weighted by atomic mass is 127. The van der Waals surface area contributed by atoms with Crippen LogP contribution in [0.2, 0.25) is 0 Å². The molecule has 0 saturated carbocycles. The summed E-state index contributed by atoms with van der Waals surface area (Å²) >= 11 is 2.26. The Kier molecular flexibility index (Phi) is 2.96. The van der Waals surface area contributed by atoms with Crippen molar-refractivity contribution in [2.45, 2.75) is 0 Å². The molecule has 5 heteroatoms. The van der Waals surface area contributed by atoms with Crippen molar-refractivity contribution in [3.8, 4) is 0 Å². The van der Waals surface area contributed by atoms with Crippen LogP contribution >= 0.6 is 22.6 Å². The smallest absolute Gasteiger partial charge is 0.172 e. The van der Waals surface area contributed by atoms with Crippen LogP contribution in [0.5, 0.6) is 0 Å². The molecular weight excluding hydrogens is 329 g/mol. The summed E-state index contributed by atoms with van der Waals surface area (Å²) in [6.07, 6.45) is 0. The molecule has 2 aromatic rings. The van der Waals surface area contributed by atoms with Crippen molar-refractivity contribution < 1.29 is 4.74 Å². The van der Waals surface area contributed by atoms with Gasteiger partial charge in [-0.05, 0) is 40.8 Å². The first-order valence-corrected chi connectivity index (χ1v) is 6.78. The minimum absolute atomic E-state index is 0.820. The summed E-state index contributed by atoms with van der Waals surface area (Å²) in [5.41, 5.74) is 3.52. The molecule has 0 aliphatic carbocycles. The maximum absolute atomic E-state index is 5.38. The molecule has 1 fully saturated rings. The summed E-state index contributed by atoms with van der Waals surface area (Å²) < 4.78 is 8.53. The van der Waals surface area contributed by atoms with E-state index in [4.69, 9.17) is 4.74 Å². The maximum Gasteiger partial charge on any atom is 0.172 e. The number of imidazole rings is 1. The van der Waals surface area contributed by atoms with Gasteiger partial charge in [0.25, 0.3) is 0 Å². The van der Waals surface area contributed by atoms with Gasteiger partial charge >= 0.3 is 0 Å². The van der Waals surface area contributed by atoms with E-state index in [1.54, 1.807) is 0 Å². The first kappa shape index (κ1) is 11.3. The predicted octanol–water partition coefficient (Wildman–Crippen LogP) is 2.01. The molecule has 0 N–H and O–H groups in total. The Morgan fingerprint density at radius 1 is 1.29 bits per heavy atom. The Balaban J connectivity index is 2.02. The molecule has 17 heavy (non-hydrogen) atoms. The Morgan fingerprint density at radius 3 is 2.82 bits per heavy atom. The van der Waals surface area contributed by atoms with Crippen molar-refractivity contribution in [3.63, 3.8) is 0 Å². The monoisotopic (exact) mass is 343 g/mol. The van der Waals surface area contributed by atoms with Crippen molar-refractivity contribution >= 4 is 39.3 Å². The number of benzene rings is 1. The van der Waals surface area contributed by atoms with Crippen LogP contribution in [0.3, 0.4) is 0 Å². The zero-order valence-corrected chi connectivity index (χ0v) is 11.8. The molecule has 1 aromatic heterocycles. The average molecular weight is 343 g/mol. The Hall–Kier alpha value is -0.820. The fourth-order valence-electron chi connectivity index (χ4n) is 2.17. The number of anilines is 1. The molecule has 4 nitrogen and oxygen atoms in total. The molecule has 0 radical (unpaired) electrons. The number of halogens is 1. The fourth-order valence-corrected chi connectivity index (χ4v) is 2.69. The Morgan fingerprint density at radius 2 is 2.06 bits per heavy atom. The van der Waals surface area contributed by atoms with E-state index < -0.39 is 0 Å². The minimum atomic E-state index is 0.820. The van der Waals surface area contributed by atoms with E-state index >= 15 is 0 Å². The van der Waals surface area contributed by atoms with Gasteiger partial charge in [-0.2, -0.15) is 0 Å². The number of nitrogens with zero attached hydrogens (tertiary/aromatic N) is 3. The summed E-state index contributed by atoms with van der Waals surface area (Å²) in [5, 5.41) is 0. The van der Waals surface area contributed by atoms with Crippen LogP contribution < -0.4 is 4.90 Å². The second-order valence-corrected chi connectivity index (χ2v) is 5.18. The third kappa shape index (κ3) is 2.01. The molecule has 2 heterocycles. The number of hydrogen-bond acceptors (Lipinski definition) is 3. The van der Waals surface area contributed by atoms with Crippen LogP contribution in [0.4, 0.5) is 5.69 Å². The SMILES string of the molecule is Cn1c(I)nc2ccc(N3CCOCC3)cc21. The number of aryl methyl sites for hydroxylation is 1. The number of morpholine rings is 1. The molecule has 1 aliphatic heterocycles. The molecular formula is C12H14IN3O. The van der Waals surface area contributed by atoms with Gasteiger partial charge in [-0.25, -0.2) is 4.98 Å². The van der Waals surface area contributed by atoms with Gasteiger partial charge in [0.05, 0.1) is 24.2 Å². The number of hydrogen-bond donors (Lipinski definition) is 0.